The van der Waals surface area contributed by atoms with Gasteiger partial charge in [0.1, 0.15) is 12.9 Å². The summed E-state index contributed by atoms with van der Waals surface area (Å²) in [5.41, 5.74) is 8.40. The van der Waals surface area contributed by atoms with Crippen molar-refractivity contribution < 1.29 is 8.96 Å². The molecular weight excluding hydrogens is 333 g/mol. The van der Waals surface area contributed by atoms with Gasteiger partial charge in [-0.05, 0) is 68.9 Å². The number of hydrogen-bond donors (Lipinski definition) is 0. The molecule has 0 radical (unpaired) electrons. The summed E-state index contributed by atoms with van der Waals surface area (Å²) in [5, 5.41) is 1.08. The molecule has 0 atom stereocenters. The topological polar surface area (TPSA) is 3.88 Å². The molecule has 1 nitrogen and oxygen atoms in total. The molecule has 4 rings (SSSR count). The highest BCUT2D eigenvalue weighted by atomic mass is 19.1. The van der Waals surface area contributed by atoms with Crippen molar-refractivity contribution in [3.63, 3.8) is 0 Å². The third kappa shape index (κ3) is 3.16. The Morgan fingerprint density at radius 1 is 0.926 bits per heavy atom. The first kappa shape index (κ1) is 18.2. The van der Waals surface area contributed by atoms with Crippen molar-refractivity contribution in [3.05, 3.63) is 64.5 Å². The number of fused-ring (bicyclic) bond motifs is 1. The van der Waals surface area contributed by atoms with Crippen LogP contribution in [-0.2, 0) is 7.05 Å². The number of hydrogen-bond acceptors (Lipinski definition) is 0. The Kier molecular flexibility index (Phi) is 4.75. The highest BCUT2D eigenvalue weighted by molar-refractivity contribution is 5.82. The van der Waals surface area contributed by atoms with Crippen molar-refractivity contribution in [2.24, 2.45) is 7.05 Å². The van der Waals surface area contributed by atoms with Crippen LogP contribution in [0.3, 0.4) is 0 Å². The lowest BCUT2D eigenvalue weighted by molar-refractivity contribution is -0.633. The minimum atomic E-state index is -0.0373. The van der Waals surface area contributed by atoms with Crippen LogP contribution in [0.2, 0.25) is 0 Å². The van der Waals surface area contributed by atoms with Crippen molar-refractivity contribution in [1.82, 2.24) is 0 Å². The highest BCUT2D eigenvalue weighted by Gasteiger charge is 2.25. The van der Waals surface area contributed by atoms with Gasteiger partial charge in [-0.2, -0.15) is 4.57 Å². The molecule has 1 aliphatic rings. The summed E-state index contributed by atoms with van der Waals surface area (Å²) in [7, 11) is 2.11. The van der Waals surface area contributed by atoms with Crippen LogP contribution in [0, 0.1) is 26.6 Å². The van der Waals surface area contributed by atoms with Crippen LogP contribution >= 0.6 is 0 Å². The second-order valence-corrected chi connectivity index (χ2v) is 8.26. The van der Waals surface area contributed by atoms with Gasteiger partial charge >= 0.3 is 0 Å². The minimum Gasteiger partial charge on any atom is -0.207 e. The maximum absolute atomic E-state index is 14.8. The third-order valence-corrected chi connectivity index (χ3v) is 6.44. The van der Waals surface area contributed by atoms with E-state index in [-0.39, 0.29) is 5.82 Å². The molecule has 2 heteroatoms. The van der Waals surface area contributed by atoms with Crippen LogP contribution in [-0.4, -0.2) is 0 Å². The van der Waals surface area contributed by atoms with Crippen LogP contribution in [0.15, 0.2) is 36.4 Å². The summed E-state index contributed by atoms with van der Waals surface area (Å²) in [6.07, 6.45) is 5.93. The summed E-state index contributed by atoms with van der Waals surface area (Å²) < 4.78 is 17.1. The number of pyridine rings is 1. The van der Waals surface area contributed by atoms with E-state index in [0.717, 1.165) is 29.3 Å². The monoisotopic (exact) mass is 362 g/mol. The molecule has 3 aromatic rings. The van der Waals surface area contributed by atoms with E-state index in [1.165, 1.54) is 47.2 Å². The molecule has 0 spiro atoms. The van der Waals surface area contributed by atoms with Crippen LogP contribution in [0.25, 0.3) is 22.2 Å². The molecule has 1 saturated carbocycles. The van der Waals surface area contributed by atoms with Gasteiger partial charge in [-0.3, -0.25) is 0 Å². The second-order valence-electron chi connectivity index (χ2n) is 8.26. The maximum atomic E-state index is 14.8. The summed E-state index contributed by atoms with van der Waals surface area (Å²) >= 11 is 0. The van der Waals surface area contributed by atoms with Gasteiger partial charge in [-0.1, -0.05) is 30.9 Å². The zero-order valence-electron chi connectivity index (χ0n) is 16.9. The van der Waals surface area contributed by atoms with Gasteiger partial charge in [-0.25, -0.2) is 4.39 Å². The molecule has 0 amide bonds. The van der Waals surface area contributed by atoms with E-state index in [0.29, 0.717) is 5.92 Å². The first-order valence-corrected chi connectivity index (χ1v) is 10.2. The molecule has 27 heavy (non-hydrogen) atoms. The number of nitrogens with zero attached hydrogens (tertiary/aromatic N) is 1. The van der Waals surface area contributed by atoms with Crippen LogP contribution in [0.1, 0.15) is 60.3 Å². The lowest BCUT2D eigenvalue weighted by Crippen LogP contribution is -2.32. The molecule has 0 unspecified atom stereocenters. The fourth-order valence-electron chi connectivity index (χ4n) is 4.85. The lowest BCUT2D eigenvalue weighted by atomic mass is 9.82. The largest absolute Gasteiger partial charge is 0.213 e. The van der Waals surface area contributed by atoms with Gasteiger partial charge in [0, 0.05) is 23.3 Å². The smallest absolute Gasteiger partial charge is 0.207 e. The van der Waals surface area contributed by atoms with Crippen molar-refractivity contribution in [1.29, 1.82) is 0 Å². The normalized spacial score (nSPS) is 15.4. The van der Waals surface area contributed by atoms with E-state index >= 15 is 0 Å². The van der Waals surface area contributed by atoms with Gasteiger partial charge in [0.05, 0.1) is 5.39 Å². The van der Waals surface area contributed by atoms with Crippen molar-refractivity contribution in [3.8, 4) is 11.3 Å². The summed E-state index contributed by atoms with van der Waals surface area (Å²) in [4.78, 5) is 0. The van der Waals surface area contributed by atoms with Gasteiger partial charge in [-0.15, -0.1) is 0 Å². The van der Waals surface area contributed by atoms with E-state index in [1.807, 2.05) is 6.07 Å². The molecule has 1 fully saturated rings. The Morgan fingerprint density at radius 2 is 1.67 bits per heavy atom. The molecule has 0 N–H and O–H groups in total. The molecular formula is C25H29FN+. The quantitative estimate of drug-likeness (QED) is 0.462. The number of benzene rings is 2. The van der Waals surface area contributed by atoms with Crippen LogP contribution in [0.4, 0.5) is 4.39 Å². The lowest BCUT2D eigenvalue weighted by Gasteiger charge is -2.23. The number of aromatic nitrogens is 1. The Bertz CT molecular complexity index is 1010. The number of aryl methyl sites for hydroxylation is 3. The van der Waals surface area contributed by atoms with E-state index in [1.54, 1.807) is 6.07 Å². The fraction of sp³-hybridized carbons (Fsp3) is 0.400. The van der Waals surface area contributed by atoms with E-state index in [4.69, 9.17) is 0 Å². The van der Waals surface area contributed by atoms with Gasteiger partial charge in [0.15, 0.2) is 0 Å². The van der Waals surface area contributed by atoms with Crippen molar-refractivity contribution in [2.75, 3.05) is 0 Å². The highest BCUT2D eigenvalue weighted by Crippen LogP contribution is 2.38. The predicted octanol–water partition coefficient (Wildman–Crippen LogP) is 6.44. The molecule has 1 heterocycles. The zero-order valence-corrected chi connectivity index (χ0v) is 16.9. The third-order valence-electron chi connectivity index (χ3n) is 6.44. The number of halogens is 1. The van der Waals surface area contributed by atoms with Crippen molar-refractivity contribution >= 4 is 10.9 Å². The van der Waals surface area contributed by atoms with Crippen LogP contribution < -0.4 is 4.57 Å². The summed E-state index contributed by atoms with van der Waals surface area (Å²) in [6, 6.07) is 12.4. The zero-order chi connectivity index (χ0) is 19.1. The van der Waals surface area contributed by atoms with E-state index in [9.17, 15) is 4.39 Å². The minimum absolute atomic E-state index is 0.0373. The van der Waals surface area contributed by atoms with Gasteiger partial charge in [0.25, 0.3) is 0 Å². The Labute approximate surface area is 161 Å². The Balaban J connectivity index is 1.92. The van der Waals surface area contributed by atoms with Gasteiger partial charge < -0.3 is 0 Å². The van der Waals surface area contributed by atoms with E-state index in [2.05, 4.69) is 56.7 Å². The average molecular weight is 363 g/mol. The molecule has 0 bridgehead atoms. The Hall–Kier alpha value is -2.22. The van der Waals surface area contributed by atoms with Gasteiger partial charge in [0.2, 0.25) is 11.2 Å². The molecule has 1 aromatic heterocycles. The summed E-state index contributed by atoms with van der Waals surface area (Å²) in [6.45, 7) is 6.50. The second kappa shape index (κ2) is 7.07. The number of rotatable bonds is 2. The molecule has 0 aliphatic heterocycles. The molecule has 1 aliphatic carbocycles. The SMILES string of the molecule is Cc1cc(C)c(C)c(-c2ccc3c(C4CCCCC4)c(F)ccc3[n+]2C)c1. The molecule has 2 aromatic carbocycles. The fourth-order valence-corrected chi connectivity index (χ4v) is 4.85. The molecule has 0 saturated heterocycles. The maximum Gasteiger partial charge on any atom is 0.213 e. The van der Waals surface area contributed by atoms with E-state index < -0.39 is 0 Å². The average Bonchev–Trinajstić information content (AvgIpc) is 2.66. The first-order chi connectivity index (χ1) is 13.0. The van der Waals surface area contributed by atoms with Crippen LogP contribution in [0.5, 0.6) is 0 Å². The summed E-state index contributed by atoms with van der Waals surface area (Å²) in [5.74, 6) is 0.320. The standard InChI is InChI=1S/C25H29FN/c1-16-14-17(2)18(3)21(15-16)24-12-10-20-23(27(24)4)13-11-22(26)25(20)19-8-6-5-7-9-19/h10-15,19H,5-9H2,1-4H3/q+1. The predicted molar refractivity (Wildman–Crippen MR) is 111 cm³/mol. The van der Waals surface area contributed by atoms with Crippen molar-refractivity contribution in [2.45, 2.75) is 58.8 Å². The molecule has 140 valence electrons. The first-order valence-electron chi connectivity index (χ1n) is 10.2. The Morgan fingerprint density at radius 3 is 2.41 bits per heavy atom.